The van der Waals surface area contributed by atoms with Gasteiger partial charge in [0.15, 0.2) is 0 Å². The van der Waals surface area contributed by atoms with Gasteiger partial charge in [0.25, 0.3) is 0 Å². The standard InChI is InChI=1S/C11H24N2O3/c1-11(2,10(14)12-3)9-13-5-6-16-8-7-15-4/h13H,5-9H2,1-4H3,(H,12,14). The maximum Gasteiger partial charge on any atom is 0.226 e. The molecule has 0 saturated carbocycles. The molecule has 0 aliphatic heterocycles. The van der Waals surface area contributed by atoms with Gasteiger partial charge in [-0.1, -0.05) is 0 Å². The predicted molar refractivity (Wildman–Crippen MR) is 63.4 cm³/mol. The third-order valence-electron chi connectivity index (χ3n) is 2.26. The molecule has 16 heavy (non-hydrogen) atoms. The first-order valence-electron chi connectivity index (χ1n) is 5.54. The van der Waals surface area contributed by atoms with Crippen molar-refractivity contribution in [3.8, 4) is 0 Å². The summed E-state index contributed by atoms with van der Waals surface area (Å²) in [5, 5.41) is 5.84. The summed E-state index contributed by atoms with van der Waals surface area (Å²) in [5.41, 5.74) is -0.388. The van der Waals surface area contributed by atoms with Gasteiger partial charge in [-0.05, 0) is 13.8 Å². The minimum atomic E-state index is -0.388. The summed E-state index contributed by atoms with van der Waals surface area (Å²) < 4.78 is 10.1. The van der Waals surface area contributed by atoms with Crippen LogP contribution < -0.4 is 10.6 Å². The van der Waals surface area contributed by atoms with Gasteiger partial charge in [0.2, 0.25) is 5.91 Å². The van der Waals surface area contributed by atoms with Gasteiger partial charge in [-0.25, -0.2) is 0 Å². The highest BCUT2D eigenvalue weighted by molar-refractivity contribution is 5.81. The van der Waals surface area contributed by atoms with Crippen LogP contribution in [0.5, 0.6) is 0 Å². The fourth-order valence-electron chi connectivity index (χ4n) is 1.21. The van der Waals surface area contributed by atoms with E-state index < -0.39 is 0 Å². The van der Waals surface area contributed by atoms with E-state index in [-0.39, 0.29) is 11.3 Å². The van der Waals surface area contributed by atoms with E-state index in [0.29, 0.717) is 26.4 Å². The zero-order valence-corrected chi connectivity index (χ0v) is 10.8. The van der Waals surface area contributed by atoms with Crippen molar-refractivity contribution in [1.82, 2.24) is 10.6 Å². The molecule has 0 fully saturated rings. The van der Waals surface area contributed by atoms with Crippen LogP contribution in [0.25, 0.3) is 0 Å². The fourth-order valence-corrected chi connectivity index (χ4v) is 1.21. The van der Waals surface area contributed by atoms with Crippen molar-refractivity contribution in [3.63, 3.8) is 0 Å². The number of hydrogen-bond acceptors (Lipinski definition) is 4. The third kappa shape index (κ3) is 6.76. The van der Waals surface area contributed by atoms with E-state index in [9.17, 15) is 4.79 Å². The summed E-state index contributed by atoms with van der Waals surface area (Å²) in [6.45, 7) is 7.05. The van der Waals surface area contributed by atoms with Gasteiger partial charge in [-0.2, -0.15) is 0 Å². The zero-order valence-electron chi connectivity index (χ0n) is 10.8. The Hall–Kier alpha value is -0.650. The highest BCUT2D eigenvalue weighted by Gasteiger charge is 2.25. The molecule has 0 aromatic carbocycles. The summed E-state index contributed by atoms with van der Waals surface area (Å²) in [4.78, 5) is 11.4. The SMILES string of the molecule is CNC(=O)C(C)(C)CNCCOCCOC. The van der Waals surface area contributed by atoms with Crippen molar-refractivity contribution < 1.29 is 14.3 Å². The molecule has 0 radical (unpaired) electrons. The van der Waals surface area contributed by atoms with E-state index in [0.717, 1.165) is 6.54 Å². The quantitative estimate of drug-likeness (QED) is 0.550. The second kappa shape index (κ2) is 8.50. The molecule has 0 bridgehead atoms. The number of nitrogens with one attached hydrogen (secondary N) is 2. The second-order valence-electron chi connectivity index (χ2n) is 4.24. The minimum Gasteiger partial charge on any atom is -0.382 e. The Labute approximate surface area is 97.9 Å². The smallest absolute Gasteiger partial charge is 0.226 e. The summed E-state index contributed by atoms with van der Waals surface area (Å²) in [7, 11) is 3.30. The predicted octanol–water partition coefficient (Wildman–Crippen LogP) is 0.0112. The Kier molecular flexibility index (Phi) is 8.15. The van der Waals surface area contributed by atoms with Crippen molar-refractivity contribution in [1.29, 1.82) is 0 Å². The van der Waals surface area contributed by atoms with Crippen molar-refractivity contribution in [2.75, 3.05) is 47.1 Å². The molecule has 5 nitrogen and oxygen atoms in total. The van der Waals surface area contributed by atoms with Crippen molar-refractivity contribution in [3.05, 3.63) is 0 Å². The molecule has 5 heteroatoms. The molecule has 0 rings (SSSR count). The second-order valence-corrected chi connectivity index (χ2v) is 4.24. The molecule has 0 unspecified atom stereocenters. The zero-order chi connectivity index (χ0) is 12.4. The summed E-state index contributed by atoms with van der Waals surface area (Å²) >= 11 is 0. The van der Waals surface area contributed by atoms with Crippen LogP contribution in [0.3, 0.4) is 0 Å². The molecule has 96 valence electrons. The van der Waals surface area contributed by atoms with Crippen LogP contribution in [0.4, 0.5) is 0 Å². The summed E-state index contributed by atoms with van der Waals surface area (Å²) in [6, 6.07) is 0. The van der Waals surface area contributed by atoms with Crippen LogP contribution in [-0.4, -0.2) is 53.0 Å². The van der Waals surface area contributed by atoms with Gasteiger partial charge >= 0.3 is 0 Å². The number of ether oxygens (including phenoxy) is 2. The molecule has 1 amide bonds. The highest BCUT2D eigenvalue weighted by atomic mass is 16.5. The van der Waals surface area contributed by atoms with E-state index in [1.807, 2.05) is 13.8 Å². The Balaban J connectivity index is 3.47. The molecule has 0 aromatic rings. The van der Waals surface area contributed by atoms with Crippen LogP contribution in [0.2, 0.25) is 0 Å². The first-order valence-corrected chi connectivity index (χ1v) is 5.54. The molecule has 0 spiro atoms. The molecule has 0 aliphatic rings. The number of carbonyl (C=O) groups excluding carboxylic acids is 1. The lowest BCUT2D eigenvalue weighted by atomic mass is 9.92. The Morgan fingerprint density at radius 1 is 1.25 bits per heavy atom. The molecule has 0 saturated heterocycles. The van der Waals surface area contributed by atoms with Gasteiger partial charge in [0.05, 0.1) is 25.2 Å². The first-order chi connectivity index (χ1) is 7.54. The molecule has 0 atom stereocenters. The van der Waals surface area contributed by atoms with E-state index in [1.54, 1.807) is 14.2 Å². The normalized spacial score (nSPS) is 11.5. The molecule has 2 N–H and O–H groups in total. The summed E-state index contributed by atoms with van der Waals surface area (Å²) in [5.74, 6) is 0.0419. The monoisotopic (exact) mass is 232 g/mol. The first kappa shape index (κ1) is 15.3. The van der Waals surface area contributed by atoms with Gasteiger partial charge < -0.3 is 20.1 Å². The van der Waals surface area contributed by atoms with Crippen molar-refractivity contribution in [2.45, 2.75) is 13.8 Å². The minimum absolute atomic E-state index is 0.0419. The van der Waals surface area contributed by atoms with E-state index in [2.05, 4.69) is 10.6 Å². The Morgan fingerprint density at radius 3 is 2.50 bits per heavy atom. The average Bonchev–Trinajstić information content (AvgIpc) is 2.26. The largest absolute Gasteiger partial charge is 0.382 e. The number of methoxy groups -OCH3 is 1. The van der Waals surface area contributed by atoms with Crippen molar-refractivity contribution in [2.24, 2.45) is 5.41 Å². The third-order valence-corrected chi connectivity index (χ3v) is 2.26. The lowest BCUT2D eigenvalue weighted by molar-refractivity contribution is -0.128. The molecular formula is C11H24N2O3. The fraction of sp³-hybridized carbons (Fsp3) is 0.909. The number of rotatable bonds is 9. The lowest BCUT2D eigenvalue weighted by Gasteiger charge is -2.22. The molecule has 0 aliphatic carbocycles. The van der Waals surface area contributed by atoms with Crippen LogP contribution in [0.1, 0.15) is 13.8 Å². The topological polar surface area (TPSA) is 59.6 Å². The molecule has 0 aromatic heterocycles. The lowest BCUT2D eigenvalue weighted by Crippen LogP contribution is -2.42. The maximum atomic E-state index is 11.4. The Morgan fingerprint density at radius 2 is 1.94 bits per heavy atom. The average molecular weight is 232 g/mol. The number of amides is 1. The van der Waals surface area contributed by atoms with E-state index in [4.69, 9.17) is 9.47 Å². The van der Waals surface area contributed by atoms with E-state index >= 15 is 0 Å². The van der Waals surface area contributed by atoms with Crippen LogP contribution >= 0.6 is 0 Å². The van der Waals surface area contributed by atoms with E-state index in [1.165, 1.54) is 0 Å². The van der Waals surface area contributed by atoms with Gasteiger partial charge in [-0.3, -0.25) is 4.79 Å². The maximum absolute atomic E-state index is 11.4. The number of carbonyl (C=O) groups is 1. The Bertz CT molecular complexity index is 196. The van der Waals surface area contributed by atoms with Crippen LogP contribution in [0, 0.1) is 5.41 Å². The molecular weight excluding hydrogens is 208 g/mol. The highest BCUT2D eigenvalue weighted by Crippen LogP contribution is 2.12. The van der Waals surface area contributed by atoms with Gasteiger partial charge in [0, 0.05) is 27.2 Å². The van der Waals surface area contributed by atoms with Crippen LogP contribution in [0.15, 0.2) is 0 Å². The van der Waals surface area contributed by atoms with Gasteiger partial charge in [-0.15, -0.1) is 0 Å². The summed E-state index contributed by atoms with van der Waals surface area (Å²) in [6.07, 6.45) is 0. The van der Waals surface area contributed by atoms with Crippen LogP contribution in [-0.2, 0) is 14.3 Å². The van der Waals surface area contributed by atoms with Gasteiger partial charge in [0.1, 0.15) is 0 Å². The van der Waals surface area contributed by atoms with Crippen molar-refractivity contribution >= 4 is 5.91 Å². The number of hydrogen-bond donors (Lipinski definition) is 2. The molecule has 0 heterocycles.